The number of nitrogens with two attached hydrogens (primary N) is 1. The molecular formula is C8H19NOS. The summed E-state index contributed by atoms with van der Waals surface area (Å²) in [6.45, 7) is 6.72. The SMILES string of the molecule is CCOCCSC(C)CCN. The van der Waals surface area contributed by atoms with Gasteiger partial charge in [-0.25, -0.2) is 0 Å². The number of ether oxygens (including phenoxy) is 1. The molecule has 3 heteroatoms. The lowest BCUT2D eigenvalue weighted by Crippen LogP contribution is -2.08. The molecule has 0 radical (unpaired) electrons. The first-order valence-electron chi connectivity index (χ1n) is 4.20. The summed E-state index contributed by atoms with van der Waals surface area (Å²) in [4.78, 5) is 0. The molecule has 0 aliphatic carbocycles. The fourth-order valence-corrected chi connectivity index (χ4v) is 1.69. The molecule has 0 saturated heterocycles. The summed E-state index contributed by atoms with van der Waals surface area (Å²) in [6.07, 6.45) is 1.11. The van der Waals surface area contributed by atoms with E-state index in [4.69, 9.17) is 10.5 Å². The standard InChI is InChI=1S/C8H19NOS/c1-3-10-6-7-11-8(2)4-5-9/h8H,3-7,9H2,1-2H3. The summed E-state index contributed by atoms with van der Waals surface area (Å²) >= 11 is 1.94. The van der Waals surface area contributed by atoms with Crippen LogP contribution in [0.3, 0.4) is 0 Å². The summed E-state index contributed by atoms with van der Waals surface area (Å²) in [6, 6.07) is 0. The summed E-state index contributed by atoms with van der Waals surface area (Å²) in [5, 5.41) is 0.681. The van der Waals surface area contributed by atoms with Crippen molar-refractivity contribution in [1.29, 1.82) is 0 Å². The smallest absolute Gasteiger partial charge is 0.0556 e. The Labute approximate surface area is 73.9 Å². The van der Waals surface area contributed by atoms with Crippen molar-refractivity contribution < 1.29 is 4.74 Å². The first-order chi connectivity index (χ1) is 5.31. The molecule has 1 unspecified atom stereocenters. The number of hydrogen-bond acceptors (Lipinski definition) is 3. The normalized spacial score (nSPS) is 13.4. The minimum absolute atomic E-state index is 0.681. The maximum Gasteiger partial charge on any atom is 0.0556 e. The largest absolute Gasteiger partial charge is 0.381 e. The maximum absolute atomic E-state index is 5.42. The molecule has 0 aliphatic heterocycles. The number of rotatable bonds is 7. The van der Waals surface area contributed by atoms with E-state index in [1.807, 2.05) is 18.7 Å². The lowest BCUT2D eigenvalue weighted by Gasteiger charge is -2.08. The average molecular weight is 177 g/mol. The van der Waals surface area contributed by atoms with E-state index in [-0.39, 0.29) is 0 Å². The van der Waals surface area contributed by atoms with Gasteiger partial charge in [0, 0.05) is 17.6 Å². The predicted molar refractivity (Wildman–Crippen MR) is 52.1 cm³/mol. The molecule has 2 N–H and O–H groups in total. The molecule has 0 aromatic rings. The van der Waals surface area contributed by atoms with E-state index >= 15 is 0 Å². The Bertz CT molecular complexity index is 80.5. The van der Waals surface area contributed by atoms with Gasteiger partial charge in [0.1, 0.15) is 0 Å². The van der Waals surface area contributed by atoms with E-state index in [1.54, 1.807) is 0 Å². The zero-order valence-electron chi connectivity index (χ0n) is 7.51. The van der Waals surface area contributed by atoms with Gasteiger partial charge in [-0.3, -0.25) is 0 Å². The molecule has 0 rings (SSSR count). The molecule has 68 valence electrons. The average Bonchev–Trinajstić information content (AvgIpc) is 1.99. The molecule has 0 heterocycles. The molecule has 0 spiro atoms. The third-order valence-corrected chi connectivity index (χ3v) is 2.61. The predicted octanol–water partition coefficient (Wildman–Crippen LogP) is 1.49. The van der Waals surface area contributed by atoms with E-state index in [0.717, 1.165) is 31.9 Å². The second kappa shape index (κ2) is 8.37. The van der Waals surface area contributed by atoms with Crippen LogP contribution in [0, 0.1) is 0 Å². The minimum Gasteiger partial charge on any atom is -0.381 e. The Hall–Kier alpha value is 0.270. The molecule has 0 aromatic heterocycles. The lowest BCUT2D eigenvalue weighted by molar-refractivity contribution is 0.164. The fraction of sp³-hybridized carbons (Fsp3) is 1.00. The van der Waals surface area contributed by atoms with Crippen LogP contribution in [0.1, 0.15) is 20.3 Å². The van der Waals surface area contributed by atoms with Gasteiger partial charge in [-0.2, -0.15) is 11.8 Å². The van der Waals surface area contributed by atoms with Gasteiger partial charge in [-0.15, -0.1) is 0 Å². The Kier molecular flexibility index (Phi) is 8.57. The molecule has 0 saturated carbocycles. The third kappa shape index (κ3) is 8.17. The van der Waals surface area contributed by atoms with Crippen LogP contribution in [0.25, 0.3) is 0 Å². The Morgan fingerprint density at radius 2 is 2.27 bits per heavy atom. The zero-order valence-corrected chi connectivity index (χ0v) is 8.32. The second-order valence-electron chi connectivity index (χ2n) is 2.46. The van der Waals surface area contributed by atoms with Crippen LogP contribution in [0.15, 0.2) is 0 Å². The Morgan fingerprint density at radius 3 is 2.82 bits per heavy atom. The molecule has 1 atom stereocenters. The lowest BCUT2D eigenvalue weighted by atomic mass is 10.3. The van der Waals surface area contributed by atoms with Crippen molar-refractivity contribution in [2.24, 2.45) is 5.73 Å². The Balaban J connectivity index is 2.97. The third-order valence-electron chi connectivity index (χ3n) is 1.41. The highest BCUT2D eigenvalue weighted by Gasteiger charge is 1.99. The highest BCUT2D eigenvalue weighted by Crippen LogP contribution is 2.12. The van der Waals surface area contributed by atoms with Gasteiger partial charge in [-0.05, 0) is 19.9 Å². The maximum atomic E-state index is 5.42. The van der Waals surface area contributed by atoms with Crippen LogP contribution < -0.4 is 5.73 Å². The van der Waals surface area contributed by atoms with E-state index in [0.29, 0.717) is 5.25 Å². The zero-order chi connectivity index (χ0) is 8.53. The molecule has 2 nitrogen and oxygen atoms in total. The van der Waals surface area contributed by atoms with Gasteiger partial charge >= 0.3 is 0 Å². The van der Waals surface area contributed by atoms with Crippen molar-refractivity contribution in [3.05, 3.63) is 0 Å². The van der Waals surface area contributed by atoms with Gasteiger partial charge in [-0.1, -0.05) is 6.92 Å². The monoisotopic (exact) mass is 177 g/mol. The van der Waals surface area contributed by atoms with Gasteiger partial charge < -0.3 is 10.5 Å². The van der Waals surface area contributed by atoms with Crippen LogP contribution in [-0.4, -0.2) is 30.8 Å². The van der Waals surface area contributed by atoms with Crippen molar-refractivity contribution in [2.45, 2.75) is 25.5 Å². The van der Waals surface area contributed by atoms with E-state index < -0.39 is 0 Å². The quantitative estimate of drug-likeness (QED) is 0.598. The van der Waals surface area contributed by atoms with E-state index in [9.17, 15) is 0 Å². The number of thioether (sulfide) groups is 1. The van der Waals surface area contributed by atoms with Crippen molar-refractivity contribution in [3.63, 3.8) is 0 Å². The summed E-state index contributed by atoms with van der Waals surface area (Å²) in [7, 11) is 0. The van der Waals surface area contributed by atoms with Gasteiger partial charge in [0.25, 0.3) is 0 Å². The molecule has 0 amide bonds. The first-order valence-corrected chi connectivity index (χ1v) is 5.25. The number of hydrogen-bond donors (Lipinski definition) is 1. The fourth-order valence-electron chi connectivity index (χ4n) is 0.771. The van der Waals surface area contributed by atoms with E-state index in [1.165, 1.54) is 0 Å². The van der Waals surface area contributed by atoms with Crippen LogP contribution in [-0.2, 0) is 4.74 Å². The van der Waals surface area contributed by atoms with Crippen molar-refractivity contribution in [3.8, 4) is 0 Å². The van der Waals surface area contributed by atoms with E-state index in [2.05, 4.69) is 6.92 Å². The molecule has 0 bridgehead atoms. The first kappa shape index (κ1) is 11.3. The van der Waals surface area contributed by atoms with Gasteiger partial charge in [0.15, 0.2) is 0 Å². The highest BCUT2D eigenvalue weighted by atomic mass is 32.2. The molecule has 0 aliphatic rings. The summed E-state index contributed by atoms with van der Waals surface area (Å²) in [5.74, 6) is 1.09. The topological polar surface area (TPSA) is 35.2 Å². The molecular weight excluding hydrogens is 158 g/mol. The summed E-state index contributed by atoms with van der Waals surface area (Å²) < 4.78 is 5.21. The highest BCUT2D eigenvalue weighted by molar-refractivity contribution is 7.99. The minimum atomic E-state index is 0.681. The van der Waals surface area contributed by atoms with Crippen molar-refractivity contribution in [2.75, 3.05) is 25.5 Å². The van der Waals surface area contributed by atoms with Crippen molar-refractivity contribution >= 4 is 11.8 Å². The Morgan fingerprint density at radius 1 is 1.55 bits per heavy atom. The van der Waals surface area contributed by atoms with Crippen molar-refractivity contribution in [1.82, 2.24) is 0 Å². The molecule has 0 aromatic carbocycles. The van der Waals surface area contributed by atoms with Gasteiger partial charge in [0.2, 0.25) is 0 Å². The van der Waals surface area contributed by atoms with Crippen LogP contribution in [0.4, 0.5) is 0 Å². The van der Waals surface area contributed by atoms with Gasteiger partial charge in [0.05, 0.1) is 6.61 Å². The summed E-state index contributed by atoms with van der Waals surface area (Å²) in [5.41, 5.74) is 5.42. The molecule has 11 heavy (non-hydrogen) atoms. The van der Waals surface area contributed by atoms with Crippen LogP contribution in [0.5, 0.6) is 0 Å². The molecule has 0 fully saturated rings. The second-order valence-corrected chi connectivity index (χ2v) is 4.00. The van der Waals surface area contributed by atoms with Crippen LogP contribution in [0.2, 0.25) is 0 Å². The van der Waals surface area contributed by atoms with Crippen LogP contribution >= 0.6 is 11.8 Å².